The Bertz CT molecular complexity index is 641. The highest BCUT2D eigenvalue weighted by molar-refractivity contribution is 6.01. The minimum absolute atomic E-state index is 0.0738. The maximum absolute atomic E-state index is 13.7. The van der Waals surface area contributed by atoms with E-state index in [-0.39, 0.29) is 17.1 Å². The predicted octanol–water partition coefficient (Wildman–Crippen LogP) is 3.66. The monoisotopic (exact) mass is 275 g/mol. The molecule has 106 valence electrons. The summed E-state index contributed by atoms with van der Waals surface area (Å²) in [6, 6.07) is 6.32. The number of hydrogen-bond acceptors (Lipinski definition) is 3. The summed E-state index contributed by atoms with van der Waals surface area (Å²) in [5.74, 6) is -0.278. The van der Waals surface area contributed by atoms with Gasteiger partial charge >= 0.3 is 0 Å². The second-order valence-electron chi connectivity index (χ2n) is 5.64. The Balaban J connectivity index is 2.01. The molecule has 1 saturated carbocycles. The van der Waals surface area contributed by atoms with Crippen molar-refractivity contribution in [1.29, 1.82) is 0 Å². The van der Waals surface area contributed by atoms with E-state index in [1.54, 1.807) is 18.2 Å². The first-order valence-corrected chi connectivity index (χ1v) is 7.09. The highest BCUT2D eigenvalue weighted by Crippen LogP contribution is 2.39. The van der Waals surface area contributed by atoms with Crippen LogP contribution >= 0.6 is 0 Å². The van der Waals surface area contributed by atoms with Crippen LogP contribution in [-0.4, -0.2) is 12.3 Å². The molecule has 3 nitrogen and oxygen atoms in total. The van der Waals surface area contributed by atoms with Crippen LogP contribution in [0.3, 0.4) is 0 Å². The Morgan fingerprint density at radius 1 is 1.30 bits per heavy atom. The van der Waals surface area contributed by atoms with Crippen LogP contribution in [0.1, 0.15) is 42.7 Å². The zero-order valence-electron chi connectivity index (χ0n) is 11.3. The molecule has 1 fully saturated rings. The first kappa shape index (κ1) is 13.3. The van der Waals surface area contributed by atoms with Gasteiger partial charge in [-0.25, -0.2) is 4.39 Å². The minimum atomic E-state index is -0.525. The Morgan fingerprint density at radius 2 is 2.05 bits per heavy atom. The third-order valence-electron chi connectivity index (χ3n) is 4.40. The summed E-state index contributed by atoms with van der Waals surface area (Å²) < 4.78 is 19.1. The van der Waals surface area contributed by atoms with E-state index in [2.05, 4.69) is 0 Å². The summed E-state index contributed by atoms with van der Waals surface area (Å²) in [6.45, 7) is 0.325. The Morgan fingerprint density at radius 3 is 2.70 bits per heavy atom. The third-order valence-corrected chi connectivity index (χ3v) is 4.40. The number of para-hydroxylation sites is 1. The van der Waals surface area contributed by atoms with Gasteiger partial charge in [0.2, 0.25) is 5.78 Å². The molecule has 0 radical (unpaired) electrons. The maximum Gasteiger partial charge on any atom is 0.205 e. The molecule has 3 rings (SSSR count). The molecule has 2 N–H and O–H groups in total. The summed E-state index contributed by atoms with van der Waals surface area (Å²) in [4.78, 5) is 12.7. The molecule has 0 saturated heterocycles. The fourth-order valence-electron chi connectivity index (χ4n) is 3.15. The molecule has 0 bridgehead atoms. The largest absolute Gasteiger partial charge is 0.450 e. The molecule has 1 aliphatic carbocycles. The number of hydrogen-bond donors (Lipinski definition) is 1. The number of nitrogens with two attached hydrogens (primary N) is 1. The third kappa shape index (κ3) is 2.04. The fourth-order valence-corrected chi connectivity index (χ4v) is 3.15. The number of furan rings is 1. The van der Waals surface area contributed by atoms with Crippen molar-refractivity contribution in [2.24, 2.45) is 11.1 Å². The van der Waals surface area contributed by atoms with E-state index in [1.807, 2.05) is 0 Å². The smallest absolute Gasteiger partial charge is 0.205 e. The summed E-state index contributed by atoms with van der Waals surface area (Å²) in [6.07, 6.45) is 4.75. The number of halogens is 1. The van der Waals surface area contributed by atoms with Gasteiger partial charge in [0, 0.05) is 17.3 Å². The van der Waals surface area contributed by atoms with Gasteiger partial charge in [-0.05, 0) is 25.0 Å². The van der Waals surface area contributed by atoms with Gasteiger partial charge < -0.3 is 10.2 Å². The van der Waals surface area contributed by atoms with Gasteiger partial charge in [0.25, 0.3) is 0 Å². The van der Waals surface area contributed by atoms with E-state index in [9.17, 15) is 9.18 Å². The van der Waals surface area contributed by atoms with Crippen molar-refractivity contribution in [2.45, 2.75) is 32.1 Å². The molecule has 0 amide bonds. The number of rotatable bonds is 3. The SMILES string of the molecule is NCC1(C(=O)c2cc3cccc(F)c3o2)CCCCC1. The van der Waals surface area contributed by atoms with Gasteiger partial charge in [-0.1, -0.05) is 31.4 Å². The lowest BCUT2D eigenvalue weighted by atomic mass is 9.70. The predicted molar refractivity (Wildman–Crippen MR) is 75.1 cm³/mol. The number of carbonyl (C=O) groups excluding carboxylic acids is 1. The number of benzene rings is 1. The Hall–Kier alpha value is -1.68. The van der Waals surface area contributed by atoms with Crippen LogP contribution in [-0.2, 0) is 0 Å². The molecule has 1 aliphatic rings. The summed E-state index contributed by atoms with van der Waals surface area (Å²) in [5, 5.41) is 0.622. The normalized spacial score (nSPS) is 18.3. The van der Waals surface area contributed by atoms with Crippen molar-refractivity contribution in [3.8, 4) is 0 Å². The van der Waals surface area contributed by atoms with Crippen LogP contribution in [0.15, 0.2) is 28.7 Å². The Labute approximate surface area is 116 Å². The lowest BCUT2D eigenvalue weighted by Gasteiger charge is -2.33. The van der Waals surface area contributed by atoms with Crippen molar-refractivity contribution >= 4 is 16.8 Å². The van der Waals surface area contributed by atoms with Crippen molar-refractivity contribution < 1.29 is 13.6 Å². The molecular formula is C16H18FNO2. The molecule has 20 heavy (non-hydrogen) atoms. The number of carbonyl (C=O) groups is 1. The second kappa shape index (κ2) is 5.02. The molecule has 0 spiro atoms. The van der Waals surface area contributed by atoms with Crippen molar-refractivity contribution in [2.75, 3.05) is 6.54 Å². The molecule has 1 aromatic heterocycles. The second-order valence-corrected chi connectivity index (χ2v) is 5.64. The average Bonchev–Trinajstić information content (AvgIpc) is 2.92. The molecule has 0 aliphatic heterocycles. The zero-order chi connectivity index (χ0) is 14.2. The van der Waals surface area contributed by atoms with Crippen LogP contribution in [0, 0.1) is 11.2 Å². The van der Waals surface area contributed by atoms with E-state index in [4.69, 9.17) is 10.2 Å². The molecule has 1 heterocycles. The molecular weight excluding hydrogens is 257 g/mol. The quantitative estimate of drug-likeness (QED) is 0.870. The van der Waals surface area contributed by atoms with E-state index in [0.29, 0.717) is 11.9 Å². The van der Waals surface area contributed by atoms with Crippen LogP contribution in [0.2, 0.25) is 0 Å². The van der Waals surface area contributed by atoms with E-state index in [0.717, 1.165) is 32.1 Å². The lowest BCUT2D eigenvalue weighted by Crippen LogP contribution is -2.40. The molecule has 0 unspecified atom stereocenters. The van der Waals surface area contributed by atoms with Crippen molar-refractivity contribution in [3.05, 3.63) is 35.8 Å². The summed E-state index contributed by atoms with van der Waals surface area (Å²) in [7, 11) is 0. The van der Waals surface area contributed by atoms with Crippen LogP contribution in [0.5, 0.6) is 0 Å². The molecule has 4 heteroatoms. The summed E-state index contributed by atoms with van der Waals surface area (Å²) >= 11 is 0. The number of fused-ring (bicyclic) bond motifs is 1. The van der Waals surface area contributed by atoms with Crippen LogP contribution < -0.4 is 5.73 Å². The lowest BCUT2D eigenvalue weighted by molar-refractivity contribution is 0.0700. The fraction of sp³-hybridized carbons (Fsp3) is 0.438. The molecule has 1 aromatic carbocycles. The van der Waals surface area contributed by atoms with Crippen molar-refractivity contribution in [3.63, 3.8) is 0 Å². The van der Waals surface area contributed by atoms with Gasteiger partial charge in [-0.15, -0.1) is 0 Å². The Kier molecular flexibility index (Phi) is 3.34. The molecule has 2 aromatic rings. The average molecular weight is 275 g/mol. The van der Waals surface area contributed by atoms with Gasteiger partial charge in [0.15, 0.2) is 17.2 Å². The van der Waals surface area contributed by atoms with E-state index >= 15 is 0 Å². The first-order valence-electron chi connectivity index (χ1n) is 7.09. The van der Waals surface area contributed by atoms with Crippen LogP contribution in [0.25, 0.3) is 11.0 Å². The maximum atomic E-state index is 13.7. The first-order chi connectivity index (χ1) is 9.66. The minimum Gasteiger partial charge on any atom is -0.450 e. The van der Waals surface area contributed by atoms with Crippen LogP contribution in [0.4, 0.5) is 4.39 Å². The van der Waals surface area contributed by atoms with Gasteiger partial charge in [-0.2, -0.15) is 0 Å². The zero-order valence-corrected chi connectivity index (χ0v) is 11.3. The van der Waals surface area contributed by atoms with Gasteiger partial charge in [0.1, 0.15) is 0 Å². The number of Topliss-reactive ketones (excluding diaryl/α,β-unsaturated/α-hetero) is 1. The van der Waals surface area contributed by atoms with Gasteiger partial charge in [-0.3, -0.25) is 4.79 Å². The van der Waals surface area contributed by atoms with E-state index in [1.165, 1.54) is 6.07 Å². The highest BCUT2D eigenvalue weighted by Gasteiger charge is 2.40. The standard InChI is InChI=1S/C16H18FNO2/c17-12-6-4-5-11-9-13(20-14(11)12)15(19)16(10-18)7-2-1-3-8-16/h4-6,9H,1-3,7-8,10,18H2. The van der Waals surface area contributed by atoms with Crippen molar-refractivity contribution in [1.82, 2.24) is 0 Å². The van der Waals surface area contributed by atoms with E-state index < -0.39 is 11.2 Å². The summed E-state index contributed by atoms with van der Waals surface area (Å²) in [5.41, 5.74) is 5.49. The highest BCUT2D eigenvalue weighted by atomic mass is 19.1. The topological polar surface area (TPSA) is 56.2 Å². The number of ketones is 1. The molecule has 0 atom stereocenters. The van der Waals surface area contributed by atoms with Gasteiger partial charge in [0.05, 0.1) is 0 Å².